The summed E-state index contributed by atoms with van der Waals surface area (Å²) in [6.45, 7) is 40.5. The topological polar surface area (TPSA) is 230 Å². The fraction of sp³-hybridized carbons (Fsp3) is 0.575. The van der Waals surface area contributed by atoms with E-state index >= 15 is 0 Å². The molecule has 5 unspecified atom stereocenters. The van der Waals surface area contributed by atoms with Crippen LogP contribution in [0.1, 0.15) is 344 Å². The molecule has 2 aliphatic rings. The van der Waals surface area contributed by atoms with Crippen molar-refractivity contribution in [3.63, 3.8) is 0 Å². The summed E-state index contributed by atoms with van der Waals surface area (Å²) in [5.74, 6) is 0. The van der Waals surface area contributed by atoms with Gasteiger partial charge in [-0.05, 0) is 348 Å². The van der Waals surface area contributed by atoms with Crippen LogP contribution >= 0.6 is 39.1 Å². The first kappa shape index (κ1) is 122. The Hall–Kier alpha value is -5.24. The molecule has 0 saturated heterocycles. The van der Waals surface area contributed by atoms with Gasteiger partial charge in [-0.3, -0.25) is 25.6 Å². The van der Waals surface area contributed by atoms with E-state index in [9.17, 15) is 43.8 Å². The molecule has 6 aromatic carbocycles. The van der Waals surface area contributed by atoms with Crippen molar-refractivity contribution in [1.82, 2.24) is 14.1 Å². The van der Waals surface area contributed by atoms with Crippen molar-refractivity contribution in [3.8, 4) is 11.4 Å². The quantitative estimate of drug-likeness (QED) is 0.0208. The third-order valence-corrected chi connectivity index (χ3v) is 27.0. The Labute approximate surface area is 814 Å². The van der Waals surface area contributed by atoms with Crippen molar-refractivity contribution in [2.75, 3.05) is 29.4 Å². The maximum absolute atomic E-state index is 10.0. The molecular formula is C106H163BrCl2N5O10S5-5. The van der Waals surface area contributed by atoms with E-state index in [0.717, 1.165) is 44.7 Å². The van der Waals surface area contributed by atoms with Gasteiger partial charge in [0.15, 0.2) is 10.3 Å². The minimum absolute atomic E-state index is 0.340. The van der Waals surface area contributed by atoms with Crippen LogP contribution in [0.3, 0.4) is 0 Å². The van der Waals surface area contributed by atoms with Gasteiger partial charge in [0.1, 0.15) is 6.33 Å². The van der Waals surface area contributed by atoms with E-state index in [-0.39, 0.29) is 0 Å². The number of aryl methyl sites for hydroxylation is 5. The van der Waals surface area contributed by atoms with Gasteiger partial charge in [-0.2, -0.15) is 0 Å². The Kier molecular flexibility index (Phi) is 65.7. The van der Waals surface area contributed by atoms with Gasteiger partial charge < -0.3 is 37.1 Å². The van der Waals surface area contributed by atoms with Crippen molar-refractivity contribution in [2.24, 2.45) is 0 Å². The summed E-state index contributed by atoms with van der Waals surface area (Å²) in [7, 11) is 0. The average Bonchev–Trinajstić information content (AvgIpc) is 1.24. The van der Waals surface area contributed by atoms with Crippen LogP contribution in [0.15, 0.2) is 193 Å². The highest BCUT2D eigenvalue weighted by Gasteiger charge is 2.18. The van der Waals surface area contributed by atoms with Gasteiger partial charge in [-0.25, -0.2) is 4.98 Å². The second kappa shape index (κ2) is 69.6. The number of unbranched alkanes of at least 4 members (excludes halogenated alkanes) is 20. The maximum Gasteiger partial charge on any atom is 0.166 e. The molecule has 4 heterocycles. The molecule has 2 aliphatic heterocycles. The molecule has 129 heavy (non-hydrogen) atoms. The first-order valence-corrected chi connectivity index (χ1v) is 54.2. The van der Waals surface area contributed by atoms with Crippen LogP contribution in [0, 0.1) is 0 Å². The van der Waals surface area contributed by atoms with Crippen LogP contribution in [0.2, 0.25) is 10.3 Å². The number of nitrogens with zero attached hydrogens (tertiary/aromatic N) is 5. The van der Waals surface area contributed by atoms with Gasteiger partial charge in [0, 0.05) is 89.5 Å². The lowest BCUT2D eigenvalue weighted by Crippen LogP contribution is -2.30. The number of aromatic nitrogens is 3. The molecule has 10 rings (SSSR count). The van der Waals surface area contributed by atoms with Gasteiger partial charge in [0.2, 0.25) is 0 Å². The zero-order chi connectivity index (χ0) is 96.9. The molecular weight excluding hydrogens is 1810 g/mol. The van der Waals surface area contributed by atoms with Gasteiger partial charge in [0.05, 0.1) is 0 Å². The van der Waals surface area contributed by atoms with Crippen molar-refractivity contribution >= 4 is 106 Å². The standard InChI is InChI=1S/C22H29N.C18H27N.C17H23N.C16H20Cl2N2.C13H19Br.5C4H10O2S/c1-2-3-4-5-6-9-19-12-14-22(15-13-19)23-17-16-20-10-7-8-11-21(20)18-23;1-2-3-4-5-7-10-17-11-13-18(14-12-17)19-15-8-6-9-16-19;1-2-3-4-5-6-9-16-10-12-17(13-11-16)18-14-7-8-15-18;1-2-3-4-5-6-7-13-8-10-14(11-9-13)20-12-19-15(17)16(20)18;1-2-3-4-5-6-7-12-8-10-13(14)11-9-12;5*1-4(2,3)7(5)6/h7-8,10-15H,2-6,9,16-18H2,1H3;6,8,11-14H,2-5,7,9-10,15-16H2,1H3;7-8,10-15H,2-6,9H2,1H3;8-12H,2-7H2,1H3;8-11H,2-7H2,1H3;5*1-3H3,(H,5,6)/p-5. The first-order chi connectivity index (χ1) is 60.9. The summed E-state index contributed by atoms with van der Waals surface area (Å²) in [4.78, 5) is 8.95. The molecule has 0 fully saturated rings. The highest BCUT2D eigenvalue weighted by Crippen LogP contribution is 2.28. The van der Waals surface area contributed by atoms with Crippen molar-refractivity contribution in [2.45, 2.75) is 374 Å². The molecule has 2 aromatic heterocycles. The zero-order valence-corrected chi connectivity index (χ0v) is 89.5. The van der Waals surface area contributed by atoms with Crippen LogP contribution in [-0.2, 0) is 100 Å². The normalized spacial score (nSPS) is 13.5. The predicted molar refractivity (Wildman–Crippen MR) is 559 cm³/mol. The summed E-state index contributed by atoms with van der Waals surface area (Å²) < 4.78 is 102. The Morgan fingerprint density at radius 1 is 0.341 bits per heavy atom. The number of rotatable bonds is 34. The number of imidazole rings is 1. The van der Waals surface area contributed by atoms with Crippen LogP contribution < -0.4 is 9.80 Å². The smallest absolute Gasteiger partial charge is 0.166 e. The van der Waals surface area contributed by atoms with E-state index in [4.69, 9.17) is 23.2 Å². The molecule has 23 heteroatoms. The van der Waals surface area contributed by atoms with Crippen LogP contribution in [-0.4, -0.2) is 101 Å². The van der Waals surface area contributed by atoms with Crippen molar-refractivity contribution < 1.29 is 43.8 Å². The van der Waals surface area contributed by atoms with E-state index in [2.05, 4.69) is 252 Å². The number of anilines is 2. The van der Waals surface area contributed by atoms with Crippen LogP contribution in [0.4, 0.5) is 11.4 Å². The summed E-state index contributed by atoms with van der Waals surface area (Å²) in [6, 6.07) is 57.5. The van der Waals surface area contributed by atoms with E-state index in [1.54, 1.807) is 115 Å². The van der Waals surface area contributed by atoms with Crippen LogP contribution in [0.25, 0.3) is 11.4 Å². The average molecular weight is 1980 g/mol. The lowest BCUT2D eigenvalue weighted by molar-refractivity contribution is 0.504. The molecule has 728 valence electrons. The highest BCUT2D eigenvalue weighted by atomic mass is 79.9. The monoisotopic (exact) mass is 1970 g/mol. The lowest BCUT2D eigenvalue weighted by atomic mass is 9.99. The second-order valence-electron chi connectivity index (χ2n) is 37.8. The lowest BCUT2D eigenvalue weighted by Gasteiger charge is -2.30. The van der Waals surface area contributed by atoms with E-state index in [1.807, 2.05) is 0 Å². The molecule has 5 atom stereocenters. The summed E-state index contributed by atoms with van der Waals surface area (Å²) in [5, 5.41) is 0.797. The second-order valence-corrected chi connectivity index (χ2v) is 47.9. The molecule has 8 aromatic rings. The Balaban J connectivity index is 0.000000741. The Bertz CT molecular complexity index is 4170. The molecule has 0 N–H and O–H groups in total. The molecule has 0 bridgehead atoms. The Morgan fingerprint density at radius 2 is 0.620 bits per heavy atom. The molecule has 0 saturated carbocycles. The van der Waals surface area contributed by atoms with Gasteiger partial charge in [0.25, 0.3) is 0 Å². The third-order valence-electron chi connectivity index (χ3n) is 20.8. The van der Waals surface area contributed by atoms with E-state index in [1.165, 1.54) is 253 Å². The number of halogens is 3. The van der Waals surface area contributed by atoms with E-state index < -0.39 is 79.1 Å². The maximum atomic E-state index is 10.0. The largest absolute Gasteiger partial charge is 0.772 e. The zero-order valence-electron chi connectivity index (χ0n) is 82.3. The van der Waals surface area contributed by atoms with Gasteiger partial charge >= 0.3 is 0 Å². The Morgan fingerprint density at radius 3 is 0.899 bits per heavy atom. The van der Waals surface area contributed by atoms with Gasteiger partial charge in [-0.1, -0.05) is 299 Å². The van der Waals surface area contributed by atoms with Crippen LogP contribution in [0.5, 0.6) is 0 Å². The fourth-order valence-corrected chi connectivity index (χ4v) is 12.9. The number of hydrogen-bond donors (Lipinski definition) is 0. The number of fused-ring (bicyclic) bond motifs is 1. The number of benzene rings is 6. The highest BCUT2D eigenvalue weighted by molar-refractivity contribution is 9.10. The first-order valence-electron chi connectivity index (χ1n) is 47.2. The molecule has 0 aliphatic carbocycles. The minimum atomic E-state index is -1.93. The minimum Gasteiger partial charge on any atom is -0.772 e. The molecule has 0 amide bonds. The summed E-state index contributed by atoms with van der Waals surface area (Å²) in [6.07, 6.45) is 52.6. The summed E-state index contributed by atoms with van der Waals surface area (Å²) in [5.41, 5.74) is 15.3. The fourth-order valence-electron chi connectivity index (χ4n) is 12.3. The predicted octanol–water partition coefficient (Wildman–Crippen LogP) is 29.7. The molecule has 0 spiro atoms. The molecule has 0 radical (unpaired) electrons. The SMILES string of the molecule is CC(C)(C)S(=O)[O-].CC(C)(C)S(=O)[O-].CC(C)(C)S(=O)[O-].CC(C)(C)S(=O)[O-].CC(C)(C)S(=O)[O-].CCCCCCCc1ccc(-n2cccc2)cc1.CCCCCCCc1ccc(-n2cnc(Cl)c2Cl)cc1.CCCCCCCc1ccc(Br)cc1.CCCCCCCc1ccc(N2CC=CCC2)cc1.CCCCCCCc1ccc(N2CCc3ccccc3C2)cc1. The van der Waals surface area contributed by atoms with Crippen molar-refractivity contribution in [1.29, 1.82) is 0 Å². The molecule has 15 nitrogen and oxygen atoms in total. The third kappa shape index (κ3) is 59.3. The van der Waals surface area contributed by atoms with Crippen molar-refractivity contribution in [3.05, 3.63) is 242 Å². The number of hydrogen-bond acceptors (Lipinski definition) is 13. The van der Waals surface area contributed by atoms with E-state index in [0.29, 0.717) is 10.3 Å². The summed E-state index contributed by atoms with van der Waals surface area (Å²) >= 11 is 5.72. The van der Waals surface area contributed by atoms with Gasteiger partial charge in [-0.15, -0.1) is 0 Å².